The van der Waals surface area contributed by atoms with Gasteiger partial charge in [-0.2, -0.15) is 0 Å². The molecule has 2 aliphatic carbocycles. The first-order chi connectivity index (χ1) is 24.5. The molecular formula is C35H44F2N6O8S. The van der Waals surface area contributed by atoms with E-state index in [1.54, 1.807) is 13.8 Å². The minimum absolute atomic E-state index is 0.0333. The Balaban J connectivity index is 1.29. The quantitative estimate of drug-likeness (QED) is 0.293. The number of benzene rings is 1. The van der Waals surface area contributed by atoms with Gasteiger partial charge in [0, 0.05) is 30.8 Å². The Hall–Kier alpha value is -4.54. The van der Waals surface area contributed by atoms with Crippen molar-refractivity contribution in [1.82, 2.24) is 30.5 Å². The number of allylic oxidation sites excluding steroid dienone is 1. The summed E-state index contributed by atoms with van der Waals surface area (Å²) in [4.78, 5) is 70.5. The third kappa shape index (κ3) is 7.93. The molecule has 6 rings (SSSR count). The van der Waals surface area contributed by atoms with Crippen molar-refractivity contribution in [3.8, 4) is 0 Å². The number of halogens is 2. The summed E-state index contributed by atoms with van der Waals surface area (Å²) in [5, 5.41) is 7.00. The Bertz CT molecular complexity index is 1800. The van der Waals surface area contributed by atoms with Gasteiger partial charge in [0.15, 0.2) is 0 Å². The Morgan fingerprint density at radius 2 is 1.92 bits per heavy atom. The summed E-state index contributed by atoms with van der Waals surface area (Å²) in [6.07, 6.45) is 1.04. The molecule has 1 saturated heterocycles. The van der Waals surface area contributed by atoms with E-state index in [0.29, 0.717) is 25.7 Å². The Morgan fingerprint density at radius 1 is 1.17 bits per heavy atom. The average molecular weight is 747 g/mol. The number of hydrogen-bond donors (Lipinski definition) is 4. The molecule has 4 bridgehead atoms. The minimum atomic E-state index is -3.97. The molecule has 2 saturated carbocycles. The fraction of sp³-hybridized carbons (Fsp3) is 0.571. The molecule has 1 aromatic carbocycles. The molecule has 3 fully saturated rings. The number of fused-ring (bicyclic) bond motifs is 3. The van der Waals surface area contributed by atoms with E-state index in [4.69, 9.17) is 4.74 Å². The number of hydrogen-bond acceptors (Lipinski definition) is 8. The topological polar surface area (TPSA) is 183 Å². The summed E-state index contributed by atoms with van der Waals surface area (Å²) in [6, 6.07) is 1.67. The highest BCUT2D eigenvalue weighted by atomic mass is 32.2. The van der Waals surface area contributed by atoms with Crippen LogP contribution in [-0.2, 0) is 42.2 Å². The summed E-state index contributed by atoms with van der Waals surface area (Å²) in [7, 11) is -3.97. The molecule has 14 nitrogen and oxygen atoms in total. The molecule has 6 amide bonds. The van der Waals surface area contributed by atoms with Gasteiger partial charge in [0.25, 0.3) is 5.91 Å². The van der Waals surface area contributed by atoms with E-state index in [0.717, 1.165) is 21.6 Å². The molecule has 17 heteroatoms. The number of nitrogens with one attached hydrogen (secondary N) is 4. The van der Waals surface area contributed by atoms with Gasteiger partial charge in [0.2, 0.25) is 28.3 Å². The molecule has 0 unspecified atom stereocenters. The van der Waals surface area contributed by atoms with Crippen LogP contribution in [0.25, 0.3) is 6.08 Å². The van der Waals surface area contributed by atoms with E-state index in [1.165, 1.54) is 11.0 Å². The Kier molecular flexibility index (Phi) is 10.1. The minimum Gasteiger partial charge on any atom is -0.444 e. The van der Waals surface area contributed by atoms with Crippen LogP contribution in [0.1, 0.15) is 75.5 Å². The van der Waals surface area contributed by atoms with Gasteiger partial charge in [-0.1, -0.05) is 36.4 Å². The molecule has 4 N–H and O–H groups in total. The van der Waals surface area contributed by atoms with Crippen LogP contribution in [-0.4, -0.2) is 95.5 Å². The number of amides is 6. The van der Waals surface area contributed by atoms with Gasteiger partial charge < -0.3 is 25.6 Å². The van der Waals surface area contributed by atoms with Crippen LogP contribution >= 0.6 is 0 Å². The monoisotopic (exact) mass is 746 g/mol. The molecule has 3 aliphatic heterocycles. The third-order valence-electron chi connectivity index (χ3n) is 10.3. The lowest BCUT2D eigenvalue weighted by atomic mass is 9.97. The molecule has 3 heterocycles. The van der Waals surface area contributed by atoms with Crippen LogP contribution < -0.4 is 20.7 Å². The maximum atomic E-state index is 14.1. The van der Waals surface area contributed by atoms with Crippen molar-refractivity contribution < 1.29 is 45.9 Å². The summed E-state index contributed by atoms with van der Waals surface area (Å²) in [6.45, 7) is 7.35. The maximum absolute atomic E-state index is 14.1. The van der Waals surface area contributed by atoms with E-state index in [2.05, 4.69) is 27.3 Å². The van der Waals surface area contributed by atoms with Gasteiger partial charge in [-0.25, -0.2) is 26.8 Å². The molecular weight excluding hydrogens is 702 g/mol. The Labute approximate surface area is 300 Å². The first-order valence-electron chi connectivity index (χ1n) is 17.4. The number of alkyl halides is 2. The standard InChI is InChI=1S/C35H44F2N6O8S/c1-4-22-16-35(22,31(46)41-52(49,50)24-11-12-24)39-29(44)27-14-23-18-43(27)30(45)26(15-28(36)37)38-32(47)40-34(2,3)13-6-5-8-20-9-7-10-21-17-42(19-25(20)21)33(48)51-23/h4-5,7-10,22-24,26-28H,1,6,11-19H2,2-3H3,(H,39,44)(H,41,46)(H2,38,40,47)/b8-5+/t22-,23-,26+,27+,35-/m1/s1. The summed E-state index contributed by atoms with van der Waals surface area (Å²) in [5.74, 6) is -3.49. The van der Waals surface area contributed by atoms with E-state index in [-0.39, 0.29) is 32.5 Å². The zero-order valence-corrected chi connectivity index (χ0v) is 29.8. The van der Waals surface area contributed by atoms with Gasteiger partial charge >= 0.3 is 12.1 Å². The maximum Gasteiger partial charge on any atom is 0.410 e. The lowest BCUT2D eigenvalue weighted by Gasteiger charge is -2.31. The zero-order chi connectivity index (χ0) is 37.6. The zero-order valence-electron chi connectivity index (χ0n) is 29.0. The van der Waals surface area contributed by atoms with Crippen LogP contribution in [0.15, 0.2) is 36.9 Å². The summed E-state index contributed by atoms with van der Waals surface area (Å²) < 4.78 is 60.8. The number of ether oxygens (including phenoxy) is 1. The number of sulfonamides is 1. The molecule has 0 spiro atoms. The lowest BCUT2D eigenvalue weighted by Crippen LogP contribution is -2.59. The second kappa shape index (κ2) is 14.1. The molecule has 52 heavy (non-hydrogen) atoms. The van der Waals surface area contributed by atoms with Crippen LogP contribution in [0, 0.1) is 5.92 Å². The van der Waals surface area contributed by atoms with E-state index in [1.807, 2.05) is 30.4 Å². The number of carbonyl (C=O) groups is 5. The average Bonchev–Trinajstić information content (AvgIpc) is 3.95. The first kappa shape index (κ1) is 37.2. The van der Waals surface area contributed by atoms with Gasteiger partial charge in [0.1, 0.15) is 23.7 Å². The highest BCUT2D eigenvalue weighted by Crippen LogP contribution is 2.45. The number of carbonyl (C=O) groups excluding carboxylic acids is 5. The largest absolute Gasteiger partial charge is 0.444 e. The van der Waals surface area contributed by atoms with Crippen molar-refractivity contribution in [1.29, 1.82) is 0 Å². The van der Waals surface area contributed by atoms with Gasteiger partial charge in [-0.05, 0) is 62.6 Å². The fourth-order valence-corrected chi connectivity index (χ4v) is 8.53. The van der Waals surface area contributed by atoms with Crippen LogP contribution in [0.3, 0.4) is 0 Å². The van der Waals surface area contributed by atoms with Crippen LogP contribution in [0.4, 0.5) is 18.4 Å². The van der Waals surface area contributed by atoms with Crippen molar-refractivity contribution >= 4 is 45.9 Å². The van der Waals surface area contributed by atoms with Crippen molar-refractivity contribution in [3.05, 3.63) is 53.6 Å². The second-order valence-corrected chi connectivity index (χ2v) is 16.8. The highest BCUT2D eigenvalue weighted by molar-refractivity contribution is 7.91. The molecule has 282 valence electrons. The normalized spacial score (nSPS) is 29.5. The van der Waals surface area contributed by atoms with E-state index in [9.17, 15) is 41.2 Å². The van der Waals surface area contributed by atoms with Crippen molar-refractivity contribution in [2.75, 3.05) is 6.54 Å². The van der Waals surface area contributed by atoms with Crippen LogP contribution in [0.5, 0.6) is 0 Å². The SMILES string of the molecule is C=C[C@@H]1C[C@]1(NC(=O)[C@@H]1C[C@@H]2CN1C(=O)[C@H](CC(F)F)NC(=O)NC(C)(C)CC/C=C/c1cccc3c1CN(C3)C(=O)O2)C(=O)NS(=O)(=O)C1CC1. The molecule has 0 radical (unpaired) electrons. The predicted molar refractivity (Wildman–Crippen MR) is 184 cm³/mol. The predicted octanol–water partition coefficient (Wildman–Crippen LogP) is 2.69. The van der Waals surface area contributed by atoms with E-state index >= 15 is 0 Å². The molecule has 0 aromatic heterocycles. The van der Waals surface area contributed by atoms with Crippen LogP contribution in [0.2, 0.25) is 0 Å². The summed E-state index contributed by atoms with van der Waals surface area (Å²) in [5.41, 5.74) is 0.291. The van der Waals surface area contributed by atoms with Crippen molar-refractivity contribution in [2.24, 2.45) is 5.92 Å². The molecule has 5 aliphatic rings. The van der Waals surface area contributed by atoms with Gasteiger partial charge in [0.05, 0.1) is 18.3 Å². The summed E-state index contributed by atoms with van der Waals surface area (Å²) >= 11 is 0. The number of nitrogens with zero attached hydrogens (tertiary/aromatic N) is 2. The lowest BCUT2D eigenvalue weighted by molar-refractivity contribution is -0.141. The number of rotatable bonds is 8. The van der Waals surface area contributed by atoms with Gasteiger partial charge in [-0.3, -0.25) is 24.0 Å². The van der Waals surface area contributed by atoms with Crippen molar-refractivity contribution in [2.45, 2.75) is 113 Å². The highest BCUT2D eigenvalue weighted by Gasteiger charge is 2.62. The fourth-order valence-electron chi connectivity index (χ4n) is 7.16. The smallest absolute Gasteiger partial charge is 0.410 e. The van der Waals surface area contributed by atoms with Crippen molar-refractivity contribution in [3.63, 3.8) is 0 Å². The van der Waals surface area contributed by atoms with Gasteiger partial charge in [-0.15, -0.1) is 6.58 Å². The van der Waals surface area contributed by atoms with E-state index < -0.39 is 93.1 Å². The third-order valence-corrected chi connectivity index (χ3v) is 12.2. The molecule has 5 atom stereocenters. The Morgan fingerprint density at radius 3 is 2.60 bits per heavy atom. The number of urea groups is 1. The second-order valence-electron chi connectivity index (χ2n) is 14.9. The molecule has 1 aromatic rings. The first-order valence-corrected chi connectivity index (χ1v) is 19.0.